The van der Waals surface area contributed by atoms with Crippen LogP contribution in [0, 0.1) is 5.82 Å². The Hall–Kier alpha value is -1.17. The number of nitrogens with one attached hydrogen (secondary N) is 1. The molecule has 0 aromatic heterocycles. The number of carbonyl (C=O) groups is 1. The Kier molecular flexibility index (Phi) is 6.77. The first-order chi connectivity index (χ1) is 9.10. The van der Waals surface area contributed by atoms with Crippen LogP contribution < -0.4 is 5.32 Å². The zero-order valence-electron chi connectivity index (χ0n) is 10.9. The second-order valence-electron chi connectivity index (χ2n) is 3.80. The lowest BCUT2D eigenvalue weighted by Gasteiger charge is -2.18. The highest BCUT2D eigenvalue weighted by Gasteiger charge is 2.24. The Bertz CT molecular complexity index is 428. The smallest absolute Gasteiger partial charge is 0.327 e. The van der Waals surface area contributed by atoms with Crippen LogP contribution in [-0.4, -0.2) is 32.8 Å². The number of hydrogen-bond donors (Lipinski definition) is 1. The Morgan fingerprint density at radius 3 is 2.84 bits per heavy atom. The van der Waals surface area contributed by atoms with Crippen LogP contribution in [0.1, 0.15) is 18.5 Å². The third kappa shape index (κ3) is 4.78. The summed E-state index contributed by atoms with van der Waals surface area (Å²) in [4.78, 5) is 11.8. The number of esters is 1. The van der Waals surface area contributed by atoms with Crippen LogP contribution in [0.15, 0.2) is 18.2 Å². The van der Waals surface area contributed by atoms with Gasteiger partial charge in [-0.15, -0.1) is 0 Å². The van der Waals surface area contributed by atoms with Gasteiger partial charge in [-0.05, 0) is 19.1 Å². The van der Waals surface area contributed by atoms with E-state index in [4.69, 9.17) is 21.1 Å². The second-order valence-corrected chi connectivity index (χ2v) is 4.23. The first kappa shape index (κ1) is 15.9. The third-order valence-corrected chi connectivity index (χ3v) is 2.69. The molecule has 0 amide bonds. The van der Waals surface area contributed by atoms with Crippen LogP contribution >= 0.6 is 11.6 Å². The summed E-state index contributed by atoms with van der Waals surface area (Å²) in [6, 6.07) is 3.30. The Balaban J connectivity index is 2.90. The van der Waals surface area contributed by atoms with E-state index >= 15 is 0 Å². The topological polar surface area (TPSA) is 47.6 Å². The molecule has 6 heteroatoms. The fourth-order valence-electron chi connectivity index (χ4n) is 1.59. The molecule has 0 spiro atoms. The molecule has 4 nitrogen and oxygen atoms in total. The summed E-state index contributed by atoms with van der Waals surface area (Å²) >= 11 is 5.69. The number of benzene rings is 1. The average molecular weight is 290 g/mol. The van der Waals surface area contributed by atoms with Gasteiger partial charge in [-0.25, -0.2) is 9.18 Å². The summed E-state index contributed by atoms with van der Waals surface area (Å²) < 4.78 is 23.7. The van der Waals surface area contributed by atoms with Crippen LogP contribution in [0.3, 0.4) is 0 Å². The molecule has 1 aromatic rings. The van der Waals surface area contributed by atoms with Crippen molar-refractivity contribution < 1.29 is 18.7 Å². The van der Waals surface area contributed by atoms with Gasteiger partial charge in [0, 0.05) is 24.2 Å². The van der Waals surface area contributed by atoms with Crippen LogP contribution in [0.25, 0.3) is 0 Å². The lowest BCUT2D eigenvalue weighted by molar-refractivity contribution is -0.146. The Morgan fingerprint density at radius 1 is 1.53 bits per heavy atom. The SMILES string of the molecule is CCOC(=O)C(NCCOC)c1ccc(Cl)cc1F. The number of hydrogen-bond acceptors (Lipinski definition) is 4. The minimum absolute atomic E-state index is 0.207. The predicted molar refractivity (Wildman–Crippen MR) is 70.7 cm³/mol. The molecule has 1 aromatic carbocycles. The van der Waals surface area contributed by atoms with E-state index in [2.05, 4.69) is 5.32 Å². The third-order valence-electron chi connectivity index (χ3n) is 2.45. The minimum atomic E-state index is -0.868. The molecular weight excluding hydrogens is 273 g/mol. The molecular formula is C13H17ClFNO3. The second kappa shape index (κ2) is 8.09. The molecule has 0 saturated heterocycles. The van der Waals surface area contributed by atoms with Gasteiger partial charge in [-0.3, -0.25) is 5.32 Å². The Morgan fingerprint density at radius 2 is 2.26 bits per heavy atom. The van der Waals surface area contributed by atoms with Crippen LogP contribution in [0.2, 0.25) is 5.02 Å². The highest BCUT2D eigenvalue weighted by molar-refractivity contribution is 6.30. The molecule has 0 heterocycles. The van der Waals surface area contributed by atoms with Crippen molar-refractivity contribution in [3.05, 3.63) is 34.6 Å². The van der Waals surface area contributed by atoms with E-state index in [-0.39, 0.29) is 17.2 Å². The molecule has 1 atom stereocenters. The van der Waals surface area contributed by atoms with E-state index in [1.807, 2.05) is 0 Å². The van der Waals surface area contributed by atoms with E-state index in [1.54, 1.807) is 14.0 Å². The van der Waals surface area contributed by atoms with E-state index in [0.717, 1.165) is 0 Å². The molecule has 0 aliphatic rings. The normalized spacial score (nSPS) is 12.2. The van der Waals surface area contributed by atoms with Crippen molar-refractivity contribution in [3.63, 3.8) is 0 Å². The van der Waals surface area contributed by atoms with Gasteiger partial charge >= 0.3 is 5.97 Å². The molecule has 0 radical (unpaired) electrons. The number of rotatable bonds is 7. The van der Waals surface area contributed by atoms with Crippen LogP contribution in [0.4, 0.5) is 4.39 Å². The van der Waals surface area contributed by atoms with Gasteiger partial charge in [0.05, 0.1) is 13.2 Å². The largest absolute Gasteiger partial charge is 0.465 e. The quantitative estimate of drug-likeness (QED) is 0.618. The summed E-state index contributed by atoms with van der Waals surface area (Å²) in [5.74, 6) is -1.07. The van der Waals surface area contributed by atoms with E-state index in [9.17, 15) is 9.18 Å². The maximum Gasteiger partial charge on any atom is 0.327 e. The van der Waals surface area contributed by atoms with Gasteiger partial charge in [0.25, 0.3) is 0 Å². The molecule has 1 N–H and O–H groups in total. The number of methoxy groups -OCH3 is 1. The van der Waals surface area contributed by atoms with Gasteiger partial charge in [0.2, 0.25) is 0 Å². The van der Waals surface area contributed by atoms with E-state index in [1.165, 1.54) is 18.2 Å². The Labute approximate surface area is 116 Å². The summed E-state index contributed by atoms with van der Waals surface area (Å²) in [5.41, 5.74) is 0.207. The van der Waals surface area contributed by atoms with Crippen molar-refractivity contribution in [3.8, 4) is 0 Å². The number of ether oxygens (including phenoxy) is 2. The maximum atomic E-state index is 13.8. The standard InChI is InChI=1S/C13H17ClFNO3/c1-3-19-13(17)12(16-6-7-18-2)10-5-4-9(14)8-11(10)15/h4-5,8,12,16H,3,6-7H2,1-2H3. The van der Waals surface area contributed by atoms with Crippen LogP contribution in [0.5, 0.6) is 0 Å². The van der Waals surface area contributed by atoms with Crippen molar-refractivity contribution in [2.75, 3.05) is 26.9 Å². The number of carbonyl (C=O) groups excluding carboxylic acids is 1. The predicted octanol–water partition coefficient (Wildman–Crippen LogP) is 2.32. The summed E-state index contributed by atoms with van der Waals surface area (Å²) in [7, 11) is 1.55. The molecule has 0 bridgehead atoms. The van der Waals surface area contributed by atoms with Gasteiger partial charge in [-0.1, -0.05) is 17.7 Å². The molecule has 19 heavy (non-hydrogen) atoms. The fourth-order valence-corrected chi connectivity index (χ4v) is 1.75. The lowest BCUT2D eigenvalue weighted by atomic mass is 10.1. The number of halogens is 2. The minimum Gasteiger partial charge on any atom is -0.465 e. The fraction of sp³-hybridized carbons (Fsp3) is 0.462. The zero-order chi connectivity index (χ0) is 14.3. The zero-order valence-corrected chi connectivity index (χ0v) is 11.7. The molecule has 0 saturated carbocycles. The van der Waals surface area contributed by atoms with Crippen molar-refractivity contribution in [2.24, 2.45) is 0 Å². The maximum absolute atomic E-state index is 13.8. The first-order valence-electron chi connectivity index (χ1n) is 5.94. The summed E-state index contributed by atoms with van der Waals surface area (Å²) in [6.07, 6.45) is 0. The highest BCUT2D eigenvalue weighted by Crippen LogP contribution is 2.22. The van der Waals surface area contributed by atoms with Crippen LogP contribution in [-0.2, 0) is 14.3 Å². The van der Waals surface area contributed by atoms with Crippen molar-refractivity contribution in [1.29, 1.82) is 0 Å². The first-order valence-corrected chi connectivity index (χ1v) is 6.31. The molecule has 0 aliphatic heterocycles. The average Bonchev–Trinajstić information content (AvgIpc) is 2.36. The monoisotopic (exact) mass is 289 g/mol. The molecule has 0 aliphatic carbocycles. The molecule has 1 unspecified atom stereocenters. The van der Waals surface area contributed by atoms with E-state index in [0.29, 0.717) is 13.2 Å². The molecule has 1 rings (SSSR count). The molecule has 106 valence electrons. The summed E-state index contributed by atoms with van der Waals surface area (Å²) in [5, 5.41) is 3.18. The van der Waals surface area contributed by atoms with Gasteiger partial charge in [-0.2, -0.15) is 0 Å². The van der Waals surface area contributed by atoms with Gasteiger partial charge < -0.3 is 9.47 Å². The van der Waals surface area contributed by atoms with Crippen molar-refractivity contribution in [2.45, 2.75) is 13.0 Å². The summed E-state index contributed by atoms with van der Waals surface area (Å²) in [6.45, 7) is 2.74. The van der Waals surface area contributed by atoms with Crippen molar-refractivity contribution >= 4 is 17.6 Å². The van der Waals surface area contributed by atoms with E-state index < -0.39 is 17.8 Å². The van der Waals surface area contributed by atoms with Crippen molar-refractivity contribution in [1.82, 2.24) is 5.32 Å². The lowest BCUT2D eigenvalue weighted by Crippen LogP contribution is -2.33. The highest BCUT2D eigenvalue weighted by atomic mass is 35.5. The molecule has 0 fully saturated rings. The van der Waals surface area contributed by atoms with Gasteiger partial charge in [0.1, 0.15) is 11.9 Å². The van der Waals surface area contributed by atoms with Gasteiger partial charge in [0.15, 0.2) is 0 Å².